The molecule has 0 saturated carbocycles. The van der Waals surface area contributed by atoms with Crippen molar-refractivity contribution in [2.45, 2.75) is 11.0 Å². The minimum Gasteiger partial charge on any atom is -0.747 e. The fourth-order valence-corrected chi connectivity index (χ4v) is 1.12. The smallest absolute Gasteiger partial charge is 0.133 e. The highest BCUT2D eigenvalue weighted by Crippen LogP contribution is 1.92. The molecule has 7 nitrogen and oxygen atoms in total. The van der Waals surface area contributed by atoms with Gasteiger partial charge in [-0.3, -0.25) is 0 Å². The third-order valence-corrected chi connectivity index (χ3v) is 1.63. The van der Waals surface area contributed by atoms with Crippen LogP contribution in [0.15, 0.2) is 5.16 Å². The van der Waals surface area contributed by atoms with Crippen LogP contribution in [-0.4, -0.2) is 33.2 Å². The molecule has 62 valence electrons. The third-order valence-electron chi connectivity index (χ3n) is 0.779. The molecule has 0 aliphatic carbocycles. The van der Waals surface area contributed by atoms with Gasteiger partial charge in [-0.2, -0.15) is 0 Å². The van der Waals surface area contributed by atoms with E-state index in [0.717, 1.165) is 4.68 Å². The number of tetrazole rings is 1. The number of nitrogens with zero attached hydrogens (tertiary/aromatic N) is 4. The van der Waals surface area contributed by atoms with Gasteiger partial charge in [-0.25, -0.2) is 13.1 Å². The van der Waals surface area contributed by atoms with Gasteiger partial charge in [0, 0.05) is 5.16 Å². The summed E-state index contributed by atoms with van der Waals surface area (Å²) in [6.45, 7) is 0. The van der Waals surface area contributed by atoms with Crippen molar-refractivity contribution >= 4 is 22.7 Å². The van der Waals surface area contributed by atoms with E-state index in [0.29, 0.717) is 0 Å². The molecule has 9 heteroatoms. The van der Waals surface area contributed by atoms with Crippen LogP contribution in [0.25, 0.3) is 0 Å². The summed E-state index contributed by atoms with van der Waals surface area (Å²) in [5.41, 5.74) is 0. The fourth-order valence-electron chi connectivity index (χ4n) is 0.427. The minimum absolute atomic E-state index is 0.121. The summed E-state index contributed by atoms with van der Waals surface area (Å²) in [6.07, 6.45) is 0. The molecule has 1 aromatic rings. The molecule has 1 heterocycles. The van der Waals surface area contributed by atoms with E-state index in [1.54, 1.807) is 0 Å². The van der Waals surface area contributed by atoms with Gasteiger partial charge in [0.1, 0.15) is 16.0 Å². The first-order valence-electron chi connectivity index (χ1n) is 2.36. The highest BCUT2D eigenvalue weighted by Gasteiger charge is 1.98. The average molecular weight is 194 g/mol. The van der Waals surface area contributed by atoms with Crippen LogP contribution < -0.4 is 0 Å². The van der Waals surface area contributed by atoms with E-state index in [-0.39, 0.29) is 5.16 Å². The van der Waals surface area contributed by atoms with Crippen molar-refractivity contribution in [1.29, 1.82) is 0 Å². The predicted molar refractivity (Wildman–Crippen MR) is 33.1 cm³/mol. The van der Waals surface area contributed by atoms with Gasteiger partial charge in [0.25, 0.3) is 0 Å². The lowest BCUT2D eigenvalue weighted by atomic mass is 11.2. The molecule has 0 aliphatic rings. The average Bonchev–Trinajstić information content (AvgIpc) is 2.12. The van der Waals surface area contributed by atoms with Crippen molar-refractivity contribution in [2.75, 3.05) is 0 Å². The van der Waals surface area contributed by atoms with E-state index in [1.807, 2.05) is 0 Å². The van der Waals surface area contributed by atoms with Gasteiger partial charge in [-0.05, 0) is 10.4 Å². The zero-order valence-electron chi connectivity index (χ0n) is 5.04. The summed E-state index contributed by atoms with van der Waals surface area (Å²) < 4.78 is 31.1. The van der Waals surface area contributed by atoms with Gasteiger partial charge >= 0.3 is 0 Å². The molecular weight excluding hydrogens is 192 g/mol. The Labute approximate surface area is 67.6 Å². The number of hydrogen-bond donors (Lipinski definition) is 0. The maximum Gasteiger partial charge on any atom is 0.133 e. The molecule has 0 unspecified atom stereocenters. The van der Waals surface area contributed by atoms with Gasteiger partial charge in [0.15, 0.2) is 0 Å². The van der Waals surface area contributed by atoms with Crippen molar-refractivity contribution in [3.63, 3.8) is 0 Å². The predicted octanol–water partition coefficient (Wildman–Crippen LogP) is -1.92. The fraction of sp³-hybridized carbons (Fsp3) is 0.500. The Hall–Kier alpha value is -0.800. The van der Waals surface area contributed by atoms with E-state index in [9.17, 15) is 13.0 Å². The highest BCUT2D eigenvalue weighted by atomic mass is 32.2. The Morgan fingerprint density at radius 2 is 2.27 bits per heavy atom. The van der Waals surface area contributed by atoms with Crippen LogP contribution in [0.5, 0.6) is 0 Å². The summed E-state index contributed by atoms with van der Waals surface area (Å²) in [4.78, 5) is 0. The first kappa shape index (κ1) is 8.30. The molecule has 0 spiro atoms. The maximum absolute atomic E-state index is 10.1. The van der Waals surface area contributed by atoms with Crippen molar-refractivity contribution in [3.05, 3.63) is 0 Å². The van der Waals surface area contributed by atoms with E-state index in [2.05, 4.69) is 28.2 Å². The second kappa shape index (κ2) is 2.68. The largest absolute Gasteiger partial charge is 0.747 e. The molecule has 0 atom stereocenters. The van der Waals surface area contributed by atoms with Crippen LogP contribution in [0, 0.1) is 0 Å². The van der Waals surface area contributed by atoms with Crippen LogP contribution in [0.4, 0.5) is 0 Å². The number of hydrogen-bond acceptors (Lipinski definition) is 7. The summed E-state index contributed by atoms with van der Waals surface area (Å²) in [5, 5.41) is 9.33. The molecular formula is C2H2N4O3S2-2. The normalized spacial score (nSPS) is 11.7. The van der Waals surface area contributed by atoms with Crippen LogP contribution >= 0.6 is 0 Å². The quantitative estimate of drug-likeness (QED) is 0.399. The Balaban J connectivity index is 2.89. The lowest BCUT2D eigenvalue weighted by Gasteiger charge is -2.09. The highest BCUT2D eigenvalue weighted by molar-refractivity contribution is 7.84. The van der Waals surface area contributed by atoms with Crippen LogP contribution in [0.3, 0.4) is 0 Å². The summed E-state index contributed by atoms with van der Waals surface area (Å²) in [6, 6.07) is 0. The third kappa shape index (κ3) is 2.37. The zero-order valence-corrected chi connectivity index (χ0v) is 6.67. The maximum atomic E-state index is 10.1. The SMILES string of the molecule is O=S(=O)([O-])Cn1nnnc1[S-]. The van der Waals surface area contributed by atoms with Crippen LogP contribution in [0.2, 0.25) is 0 Å². The van der Waals surface area contributed by atoms with Crippen LogP contribution in [-0.2, 0) is 28.6 Å². The van der Waals surface area contributed by atoms with Gasteiger partial charge in [0.05, 0.1) is 0 Å². The second-order valence-corrected chi connectivity index (χ2v) is 3.39. The van der Waals surface area contributed by atoms with Gasteiger partial charge in [0.2, 0.25) is 0 Å². The Kier molecular flexibility index (Phi) is 2.02. The first-order valence-corrected chi connectivity index (χ1v) is 4.34. The van der Waals surface area contributed by atoms with Crippen molar-refractivity contribution in [1.82, 2.24) is 20.2 Å². The summed E-state index contributed by atoms with van der Waals surface area (Å²) >= 11 is 4.48. The van der Waals surface area contributed by atoms with Gasteiger partial charge < -0.3 is 17.2 Å². The summed E-state index contributed by atoms with van der Waals surface area (Å²) in [5.74, 6) is -0.821. The number of rotatable bonds is 2. The lowest BCUT2D eigenvalue weighted by molar-refractivity contribution is 0.442. The molecule has 1 aromatic heterocycles. The lowest BCUT2D eigenvalue weighted by Crippen LogP contribution is -2.12. The van der Waals surface area contributed by atoms with Gasteiger partial charge in [-0.1, -0.05) is 0 Å². The molecule has 0 amide bonds. The molecule has 0 fully saturated rings. The number of aromatic nitrogens is 4. The monoisotopic (exact) mass is 194 g/mol. The molecule has 0 bridgehead atoms. The minimum atomic E-state index is -4.37. The topological polar surface area (TPSA) is 101 Å². The molecule has 11 heavy (non-hydrogen) atoms. The van der Waals surface area contributed by atoms with Crippen molar-refractivity contribution in [2.24, 2.45) is 0 Å². The van der Waals surface area contributed by atoms with Crippen molar-refractivity contribution in [3.8, 4) is 0 Å². The van der Waals surface area contributed by atoms with Crippen molar-refractivity contribution < 1.29 is 13.0 Å². The van der Waals surface area contributed by atoms with E-state index < -0.39 is 16.0 Å². The Morgan fingerprint density at radius 3 is 2.64 bits per heavy atom. The summed E-state index contributed by atoms with van der Waals surface area (Å²) in [7, 11) is -4.37. The molecule has 0 N–H and O–H groups in total. The first-order chi connectivity index (χ1) is 4.99. The van der Waals surface area contributed by atoms with E-state index in [4.69, 9.17) is 0 Å². The van der Waals surface area contributed by atoms with Gasteiger partial charge in [-0.15, -0.1) is 5.10 Å². The molecule has 0 saturated heterocycles. The molecule has 0 aromatic carbocycles. The Bertz CT molecular complexity index is 342. The second-order valence-electron chi connectivity index (χ2n) is 1.65. The van der Waals surface area contributed by atoms with Crippen LogP contribution in [0.1, 0.15) is 0 Å². The van der Waals surface area contributed by atoms with E-state index in [1.165, 1.54) is 0 Å². The standard InChI is InChI=1S/C2H4N4O3S2/c7-11(8,9)1-6-2(10)3-4-5-6/h1H2,(H,3,5,10)(H,7,8,9)/p-2. The zero-order chi connectivity index (χ0) is 8.48. The molecule has 0 radical (unpaired) electrons. The molecule has 1 rings (SSSR count). The van der Waals surface area contributed by atoms with E-state index >= 15 is 0 Å². The Morgan fingerprint density at radius 1 is 1.64 bits per heavy atom. The molecule has 0 aliphatic heterocycles.